The van der Waals surface area contributed by atoms with E-state index in [0.29, 0.717) is 35.9 Å². The number of carbonyl (C=O) groups is 2. The molecule has 0 aliphatic carbocycles. The second-order valence-corrected chi connectivity index (χ2v) is 16.2. The van der Waals surface area contributed by atoms with Gasteiger partial charge in [0.05, 0.1) is 26.8 Å². The second kappa shape index (κ2) is 17.8. The lowest BCUT2D eigenvalue weighted by Crippen LogP contribution is -2.36. The van der Waals surface area contributed by atoms with Crippen LogP contribution in [0.15, 0.2) is 91.9 Å². The molecule has 4 aliphatic heterocycles. The van der Waals surface area contributed by atoms with Crippen LogP contribution in [0, 0.1) is 0 Å². The van der Waals surface area contributed by atoms with Gasteiger partial charge in [-0.05, 0) is 179 Å². The quantitative estimate of drug-likeness (QED) is 0.0663. The molecule has 8 bridgehead atoms. The first-order chi connectivity index (χ1) is 25.2. The van der Waals surface area contributed by atoms with Crippen LogP contribution in [0.4, 0.5) is 0 Å². The number of phenols is 2. The molecule has 0 radical (unpaired) electrons. The number of oxime groups is 2. The summed E-state index contributed by atoms with van der Waals surface area (Å²) in [4.78, 5) is 26.1. The number of rotatable bonds is 0. The third-order valence-corrected chi connectivity index (χ3v) is 11.1. The molecule has 0 saturated heterocycles. The number of nitrogens with one attached hydrogen (secondary N) is 2. The van der Waals surface area contributed by atoms with Gasteiger partial charge < -0.3 is 45.8 Å². The number of halogens is 6. The number of hydrogen-bond donors (Lipinski definition) is 7. The molecule has 0 fully saturated rings. The molecule has 0 saturated carbocycles. The molecule has 276 valence electrons. The fraction of sp³-hybridized carbons (Fsp3) is 0.118. The third kappa shape index (κ3) is 9.62. The van der Waals surface area contributed by atoms with E-state index in [1.54, 1.807) is 30.3 Å². The average molecular weight is 1110 g/mol. The molecule has 19 heteroatoms. The fourth-order valence-electron chi connectivity index (χ4n) is 4.93. The summed E-state index contributed by atoms with van der Waals surface area (Å²) in [6, 6.07) is 12.5. The number of phenolic OH excluding ortho intramolecular Hbond substituents is 2. The van der Waals surface area contributed by atoms with E-state index in [-0.39, 0.29) is 72.8 Å². The lowest BCUT2D eigenvalue weighted by atomic mass is 10.0. The Morgan fingerprint density at radius 3 is 1.75 bits per heavy atom. The second-order valence-electron chi connectivity index (χ2n) is 11.1. The van der Waals surface area contributed by atoms with Crippen molar-refractivity contribution >= 4 is 125 Å². The Balaban J connectivity index is 1.54. The molecule has 4 aromatic rings. The molecule has 2 amide bonds. The minimum atomic E-state index is -1.68. The van der Waals surface area contributed by atoms with Crippen LogP contribution in [0.5, 0.6) is 34.5 Å². The maximum atomic E-state index is 13.1. The highest BCUT2D eigenvalue weighted by Gasteiger charge is 2.26. The molecule has 4 aromatic carbocycles. The summed E-state index contributed by atoms with van der Waals surface area (Å²) in [5, 5.41) is 63.5. The topological polar surface area (TPSA) is 203 Å². The molecule has 1 unspecified atom stereocenters. The molecule has 4 heterocycles. The smallest absolute Gasteiger partial charge is 0.273 e. The van der Waals surface area contributed by atoms with Crippen molar-refractivity contribution in [3.8, 4) is 34.5 Å². The monoisotopic (exact) mass is 1110 g/mol. The number of nitrogens with zero attached hydrogens (tertiary/aromatic N) is 2. The maximum absolute atomic E-state index is 13.1. The van der Waals surface area contributed by atoms with Crippen molar-refractivity contribution in [3.63, 3.8) is 0 Å². The number of aromatic hydroxyl groups is 2. The van der Waals surface area contributed by atoms with Gasteiger partial charge in [-0.15, -0.1) is 0 Å². The predicted octanol–water partition coefficient (Wildman–Crippen LogP) is 8.95. The number of aliphatic hydroxyl groups excluding tert-OH is 1. The summed E-state index contributed by atoms with van der Waals surface area (Å²) in [5.74, 6) is -1.45. The highest BCUT2D eigenvalue weighted by Crippen LogP contribution is 2.45. The summed E-state index contributed by atoms with van der Waals surface area (Å²) < 4.78 is 14.2. The van der Waals surface area contributed by atoms with Gasteiger partial charge in [0.25, 0.3) is 11.8 Å². The van der Waals surface area contributed by atoms with Crippen molar-refractivity contribution in [3.05, 3.63) is 104 Å². The molecular weight excluding hydrogens is 1090 g/mol. The first kappa shape index (κ1) is 40.7. The van der Waals surface area contributed by atoms with E-state index in [4.69, 9.17) is 9.47 Å². The van der Waals surface area contributed by atoms with E-state index in [9.17, 15) is 35.3 Å². The van der Waals surface area contributed by atoms with Crippen molar-refractivity contribution in [2.75, 3.05) is 6.54 Å². The largest absolute Gasteiger partial charge is 0.503 e. The van der Waals surface area contributed by atoms with Gasteiger partial charge in [0.1, 0.15) is 11.8 Å². The van der Waals surface area contributed by atoms with E-state index in [1.807, 2.05) is 0 Å². The van der Waals surface area contributed by atoms with Crippen LogP contribution in [-0.4, -0.2) is 55.5 Å². The van der Waals surface area contributed by atoms with Crippen molar-refractivity contribution in [2.24, 2.45) is 10.3 Å². The Morgan fingerprint density at radius 2 is 1.21 bits per heavy atom. The van der Waals surface area contributed by atoms with Crippen LogP contribution in [-0.2, 0) is 22.4 Å². The molecule has 13 nitrogen and oxygen atoms in total. The molecule has 4 aliphatic rings. The Morgan fingerprint density at radius 1 is 0.679 bits per heavy atom. The lowest BCUT2D eigenvalue weighted by molar-refractivity contribution is -0.115. The molecule has 8 rings (SSSR count). The van der Waals surface area contributed by atoms with Gasteiger partial charge >= 0.3 is 0 Å². The van der Waals surface area contributed by atoms with Crippen LogP contribution < -0.4 is 20.1 Å². The number of benzene rings is 4. The molecule has 0 spiro atoms. The van der Waals surface area contributed by atoms with E-state index in [0.717, 1.165) is 0 Å². The Bertz CT molecular complexity index is 2170. The van der Waals surface area contributed by atoms with Gasteiger partial charge in [-0.1, -0.05) is 10.3 Å². The SMILES string of the molecule is O=C1N/C=C/c2cc(Br)c(c(Br)c2)Oc2cc(cc(Br)c2O)CCNC(=O)/C(=N/O)C(O)c2cc(Br)c(c(Br)c2)Oc2cc(cc(Br)c2O)C/C1=N\O. The summed E-state index contributed by atoms with van der Waals surface area (Å²) in [6.45, 7) is 0.0517. The zero-order valence-electron chi connectivity index (χ0n) is 26.5. The van der Waals surface area contributed by atoms with Crippen molar-refractivity contribution in [1.29, 1.82) is 0 Å². The van der Waals surface area contributed by atoms with Gasteiger partial charge in [0.15, 0.2) is 40.2 Å². The van der Waals surface area contributed by atoms with Gasteiger partial charge in [-0.2, -0.15) is 0 Å². The predicted molar refractivity (Wildman–Crippen MR) is 216 cm³/mol. The van der Waals surface area contributed by atoms with E-state index in [2.05, 4.69) is 117 Å². The summed E-state index contributed by atoms with van der Waals surface area (Å²) in [7, 11) is 0. The van der Waals surface area contributed by atoms with Crippen molar-refractivity contribution in [2.45, 2.75) is 18.9 Å². The maximum Gasteiger partial charge on any atom is 0.273 e. The first-order valence-electron chi connectivity index (χ1n) is 14.9. The third-order valence-electron chi connectivity index (χ3n) is 7.50. The number of hydrogen-bond acceptors (Lipinski definition) is 11. The average Bonchev–Trinajstić information content (AvgIpc) is 3.10. The number of ether oxygens (including phenoxy) is 2. The number of carbonyl (C=O) groups excluding carboxylic acids is 2. The van der Waals surface area contributed by atoms with Gasteiger partial charge in [0.2, 0.25) is 0 Å². The van der Waals surface area contributed by atoms with Crippen LogP contribution >= 0.6 is 95.6 Å². The Kier molecular flexibility index (Phi) is 13.7. The molecule has 7 N–H and O–H groups in total. The van der Waals surface area contributed by atoms with Crippen molar-refractivity contribution in [1.82, 2.24) is 10.6 Å². The van der Waals surface area contributed by atoms with E-state index in [1.165, 1.54) is 30.5 Å². The Hall–Kier alpha value is -3.46. The molecule has 1 atom stereocenters. The normalized spacial score (nSPS) is 17.8. The van der Waals surface area contributed by atoms with Crippen LogP contribution in [0.1, 0.15) is 28.4 Å². The van der Waals surface area contributed by atoms with Gasteiger partial charge in [0, 0.05) is 19.2 Å². The van der Waals surface area contributed by atoms with Crippen LogP contribution in [0.25, 0.3) is 6.08 Å². The minimum absolute atomic E-state index is 0.0387. The highest BCUT2D eigenvalue weighted by atomic mass is 79.9. The van der Waals surface area contributed by atoms with E-state index >= 15 is 0 Å². The summed E-state index contributed by atoms with van der Waals surface area (Å²) in [5.41, 5.74) is 1.01. The molecular formula is C34H24Br6N4O9. The number of aliphatic hydroxyl groups is 1. The Labute approximate surface area is 351 Å². The zero-order chi connectivity index (χ0) is 38.6. The molecule has 53 heavy (non-hydrogen) atoms. The standard InChI is InChI=1S/C34H24Br6N4O9/c35-18-5-15-2-4-42-34(49)27(44-51)28(45)17-12-22(39)32(23(40)13-17)53-26-11-16(8-19(36)30(26)47)9-24(43-50)33(48)41-3-1-14-6-20(37)31(21(38)7-14)52-25(10-15)29(18)46/h1,3,5-8,10-13,28,45-47,50-51H,2,4,9H2,(H,41,48)(H,42,49)/b3-1+,43-24+,44-27+. The van der Waals surface area contributed by atoms with Crippen molar-refractivity contribution < 1.29 is 44.8 Å². The first-order valence-corrected chi connectivity index (χ1v) is 19.7. The lowest BCUT2D eigenvalue weighted by Gasteiger charge is -2.17. The molecule has 0 aromatic heterocycles. The highest BCUT2D eigenvalue weighted by molar-refractivity contribution is 9.11. The van der Waals surface area contributed by atoms with Crippen LogP contribution in [0.3, 0.4) is 0 Å². The van der Waals surface area contributed by atoms with Gasteiger partial charge in [-0.3, -0.25) is 9.59 Å². The summed E-state index contributed by atoms with van der Waals surface area (Å²) >= 11 is 20.4. The van der Waals surface area contributed by atoms with Crippen LogP contribution in [0.2, 0.25) is 0 Å². The zero-order valence-corrected chi connectivity index (χ0v) is 36.0. The summed E-state index contributed by atoms with van der Waals surface area (Å²) in [6.07, 6.45) is 1.37. The number of amides is 2. The fourth-order valence-corrected chi connectivity index (χ4v) is 8.68. The van der Waals surface area contributed by atoms with E-state index < -0.39 is 23.6 Å². The minimum Gasteiger partial charge on any atom is -0.503 e. The van der Waals surface area contributed by atoms with Gasteiger partial charge in [-0.25, -0.2) is 0 Å².